The highest BCUT2D eigenvalue weighted by atomic mass is 16.2. The van der Waals surface area contributed by atoms with Crippen LogP contribution in [0.3, 0.4) is 0 Å². The van der Waals surface area contributed by atoms with Crippen LogP contribution in [0.4, 0.5) is 0 Å². The van der Waals surface area contributed by atoms with Crippen molar-refractivity contribution < 1.29 is 4.79 Å². The highest BCUT2D eigenvalue weighted by Gasteiger charge is 2.31. The second kappa shape index (κ2) is 5.30. The first kappa shape index (κ1) is 13.1. The summed E-state index contributed by atoms with van der Waals surface area (Å²) in [6.07, 6.45) is 4.72. The first-order valence-corrected chi connectivity index (χ1v) is 7.56. The van der Waals surface area contributed by atoms with Crippen LogP contribution < -0.4 is 0 Å². The van der Waals surface area contributed by atoms with Gasteiger partial charge in [0.25, 0.3) is 5.91 Å². The third-order valence-electron chi connectivity index (χ3n) is 4.30. The Morgan fingerprint density at radius 1 is 1.18 bits per heavy atom. The van der Waals surface area contributed by atoms with E-state index in [1.54, 1.807) is 0 Å². The Kier molecular flexibility index (Phi) is 3.15. The van der Waals surface area contributed by atoms with E-state index in [2.05, 4.69) is 16.0 Å². The average Bonchev–Trinajstić information content (AvgIpc) is 3.00. The number of hydrogen-bond acceptors (Lipinski definition) is 2. The van der Waals surface area contributed by atoms with Gasteiger partial charge in [-0.2, -0.15) is 0 Å². The summed E-state index contributed by atoms with van der Waals surface area (Å²) in [6, 6.07) is 13.6. The Morgan fingerprint density at radius 3 is 2.82 bits per heavy atom. The number of carbonyl (C=O) groups excluding carboxylic acids is 1. The van der Waals surface area contributed by atoms with Gasteiger partial charge in [-0.05, 0) is 36.6 Å². The van der Waals surface area contributed by atoms with Gasteiger partial charge >= 0.3 is 0 Å². The molecule has 0 unspecified atom stereocenters. The molecule has 0 radical (unpaired) electrons. The lowest BCUT2D eigenvalue weighted by Crippen LogP contribution is -2.50. The third kappa shape index (κ3) is 2.26. The van der Waals surface area contributed by atoms with Crippen LogP contribution in [0.25, 0.3) is 10.9 Å². The lowest BCUT2D eigenvalue weighted by Gasteiger charge is -2.39. The first-order valence-electron chi connectivity index (χ1n) is 7.56. The summed E-state index contributed by atoms with van der Waals surface area (Å²) in [5, 5.41) is 1.20. The zero-order valence-electron chi connectivity index (χ0n) is 12.2. The molecule has 1 aromatic carbocycles. The van der Waals surface area contributed by atoms with E-state index in [9.17, 15) is 4.79 Å². The van der Waals surface area contributed by atoms with Gasteiger partial charge < -0.3 is 9.88 Å². The SMILES string of the molecule is O=C(c1ccccc1)N1CC(Cc2nccc3cc[nH]c23)C1. The molecule has 1 fully saturated rings. The van der Waals surface area contributed by atoms with E-state index in [-0.39, 0.29) is 5.91 Å². The van der Waals surface area contributed by atoms with Crippen LogP contribution >= 0.6 is 0 Å². The third-order valence-corrected chi connectivity index (χ3v) is 4.30. The van der Waals surface area contributed by atoms with Gasteiger partial charge in [-0.3, -0.25) is 9.78 Å². The van der Waals surface area contributed by atoms with Crippen LogP contribution in [-0.2, 0) is 6.42 Å². The van der Waals surface area contributed by atoms with Crippen LogP contribution in [-0.4, -0.2) is 33.9 Å². The summed E-state index contributed by atoms with van der Waals surface area (Å²) in [6.45, 7) is 1.62. The number of carbonyl (C=O) groups is 1. The van der Waals surface area contributed by atoms with Crippen molar-refractivity contribution in [3.63, 3.8) is 0 Å². The van der Waals surface area contributed by atoms with Crippen molar-refractivity contribution >= 4 is 16.8 Å². The first-order chi connectivity index (χ1) is 10.8. The Bertz CT molecular complexity index is 803. The fourth-order valence-corrected chi connectivity index (χ4v) is 3.10. The Labute approximate surface area is 128 Å². The second-order valence-corrected chi connectivity index (χ2v) is 5.85. The largest absolute Gasteiger partial charge is 0.360 e. The summed E-state index contributed by atoms with van der Waals surface area (Å²) in [4.78, 5) is 22.0. The monoisotopic (exact) mass is 291 g/mol. The van der Waals surface area contributed by atoms with Gasteiger partial charge in [0.1, 0.15) is 0 Å². The summed E-state index contributed by atoms with van der Waals surface area (Å²) < 4.78 is 0. The Hall–Kier alpha value is -2.62. The molecule has 110 valence electrons. The minimum atomic E-state index is 0.128. The van der Waals surface area contributed by atoms with Crippen LogP contribution in [0.15, 0.2) is 54.9 Å². The number of rotatable bonds is 3. The maximum atomic E-state index is 12.3. The molecule has 1 aliphatic heterocycles. The quantitative estimate of drug-likeness (QED) is 0.806. The van der Waals surface area contributed by atoms with Gasteiger partial charge in [0.15, 0.2) is 0 Å². The zero-order valence-corrected chi connectivity index (χ0v) is 12.2. The van der Waals surface area contributed by atoms with Gasteiger partial charge in [-0.25, -0.2) is 0 Å². The topological polar surface area (TPSA) is 49.0 Å². The summed E-state index contributed by atoms with van der Waals surface area (Å²) in [5.41, 5.74) is 2.99. The number of hydrogen-bond donors (Lipinski definition) is 1. The smallest absolute Gasteiger partial charge is 0.253 e. The molecule has 0 bridgehead atoms. The molecule has 3 heterocycles. The Morgan fingerprint density at radius 2 is 2.00 bits per heavy atom. The predicted octanol–water partition coefficient (Wildman–Crippen LogP) is 2.88. The van der Waals surface area contributed by atoms with E-state index in [0.717, 1.165) is 36.3 Å². The highest BCUT2D eigenvalue weighted by Crippen LogP contribution is 2.24. The molecule has 0 spiro atoms. The number of aromatic nitrogens is 2. The number of nitrogens with zero attached hydrogens (tertiary/aromatic N) is 2. The van der Waals surface area contributed by atoms with Crippen molar-refractivity contribution in [2.75, 3.05) is 13.1 Å². The van der Waals surface area contributed by atoms with Gasteiger partial charge in [0.2, 0.25) is 0 Å². The van der Waals surface area contributed by atoms with Gasteiger partial charge in [0, 0.05) is 36.4 Å². The number of amides is 1. The summed E-state index contributed by atoms with van der Waals surface area (Å²) in [5.74, 6) is 0.622. The predicted molar refractivity (Wildman–Crippen MR) is 85.6 cm³/mol. The van der Waals surface area contributed by atoms with Gasteiger partial charge in [-0.1, -0.05) is 18.2 Å². The number of fused-ring (bicyclic) bond motifs is 1. The zero-order chi connectivity index (χ0) is 14.9. The van der Waals surface area contributed by atoms with Gasteiger partial charge in [-0.15, -0.1) is 0 Å². The average molecular weight is 291 g/mol. The van der Waals surface area contributed by atoms with E-state index in [1.807, 2.05) is 53.7 Å². The summed E-state index contributed by atoms with van der Waals surface area (Å²) in [7, 11) is 0. The number of H-pyrrole nitrogens is 1. The molecule has 4 nitrogen and oxygen atoms in total. The minimum absolute atomic E-state index is 0.128. The molecule has 1 aliphatic rings. The van der Waals surface area contributed by atoms with E-state index in [4.69, 9.17) is 0 Å². The molecule has 4 heteroatoms. The molecule has 1 amide bonds. The van der Waals surface area contributed by atoms with Crippen molar-refractivity contribution in [1.82, 2.24) is 14.9 Å². The highest BCUT2D eigenvalue weighted by molar-refractivity contribution is 5.94. The molecular formula is C18H17N3O. The van der Waals surface area contributed by atoms with Crippen LogP contribution in [0, 0.1) is 5.92 Å². The maximum absolute atomic E-state index is 12.3. The number of pyridine rings is 1. The molecule has 0 saturated carbocycles. The fourth-order valence-electron chi connectivity index (χ4n) is 3.10. The van der Waals surface area contributed by atoms with Crippen LogP contribution in [0.5, 0.6) is 0 Å². The molecule has 22 heavy (non-hydrogen) atoms. The molecule has 4 rings (SSSR count). The number of nitrogens with one attached hydrogen (secondary N) is 1. The molecule has 0 aliphatic carbocycles. The number of aromatic amines is 1. The van der Waals surface area contributed by atoms with Crippen molar-refractivity contribution in [2.45, 2.75) is 6.42 Å². The molecule has 0 atom stereocenters. The summed E-state index contributed by atoms with van der Waals surface area (Å²) >= 11 is 0. The molecule has 2 aromatic heterocycles. The Balaban J connectivity index is 1.42. The number of likely N-dealkylation sites (tertiary alicyclic amines) is 1. The van der Waals surface area contributed by atoms with Crippen molar-refractivity contribution in [1.29, 1.82) is 0 Å². The normalized spacial score (nSPS) is 15.0. The molecule has 1 N–H and O–H groups in total. The lowest BCUT2D eigenvalue weighted by molar-refractivity contribution is 0.0500. The van der Waals surface area contributed by atoms with Gasteiger partial charge in [0.05, 0.1) is 11.2 Å². The van der Waals surface area contributed by atoms with Crippen LogP contribution in [0.2, 0.25) is 0 Å². The standard InChI is InChI=1S/C18H17N3O/c22-18(15-4-2-1-3-5-15)21-11-13(12-21)10-16-17-14(6-8-19-16)7-9-20-17/h1-9,13,20H,10-12H2. The van der Waals surface area contributed by atoms with Crippen molar-refractivity contribution in [3.05, 3.63) is 66.1 Å². The van der Waals surface area contributed by atoms with Crippen molar-refractivity contribution in [3.8, 4) is 0 Å². The number of benzene rings is 1. The van der Waals surface area contributed by atoms with Crippen molar-refractivity contribution in [2.24, 2.45) is 5.92 Å². The second-order valence-electron chi connectivity index (χ2n) is 5.85. The molecule has 3 aromatic rings. The lowest BCUT2D eigenvalue weighted by atomic mass is 9.93. The van der Waals surface area contributed by atoms with Crippen LogP contribution in [0.1, 0.15) is 16.1 Å². The van der Waals surface area contributed by atoms with E-state index < -0.39 is 0 Å². The van der Waals surface area contributed by atoms with E-state index >= 15 is 0 Å². The minimum Gasteiger partial charge on any atom is -0.360 e. The maximum Gasteiger partial charge on any atom is 0.253 e. The van der Waals surface area contributed by atoms with E-state index in [0.29, 0.717) is 5.92 Å². The van der Waals surface area contributed by atoms with E-state index in [1.165, 1.54) is 5.39 Å². The fraction of sp³-hybridized carbons (Fsp3) is 0.222. The molecular weight excluding hydrogens is 274 g/mol. The molecule has 1 saturated heterocycles.